The van der Waals surface area contributed by atoms with Gasteiger partial charge in [0.2, 0.25) is 5.60 Å². The van der Waals surface area contributed by atoms with Crippen LogP contribution in [0, 0.1) is 6.92 Å². The molecule has 1 aliphatic rings. The van der Waals surface area contributed by atoms with Crippen LogP contribution in [0.1, 0.15) is 49.8 Å². The first-order chi connectivity index (χ1) is 15.1. The number of anilines is 1. The molecule has 0 saturated heterocycles. The van der Waals surface area contributed by atoms with Gasteiger partial charge in [0.1, 0.15) is 0 Å². The Morgan fingerprint density at radius 3 is 2.18 bits per heavy atom. The van der Waals surface area contributed by atoms with Gasteiger partial charge < -0.3 is 5.11 Å². The maximum atomic E-state index is 14.0. The predicted molar refractivity (Wildman–Crippen MR) is 115 cm³/mol. The number of alkyl halides is 5. The zero-order valence-electron chi connectivity index (χ0n) is 18.5. The standard InChI is InChI=1S/C23H26F5NO3S/c1-4-5-18-10-8-16-14-17(22(30,21(3,24)25)23(26,27)28)9-13-20(16)29(18)33(31,32)19-11-6-15(2)7-12-19/h6-7,9,11-14,18,30H,4-5,8,10H2,1-3H3. The molecule has 1 N–H and O–H groups in total. The molecule has 33 heavy (non-hydrogen) atoms. The van der Waals surface area contributed by atoms with Crippen molar-refractivity contribution in [2.45, 2.75) is 75.1 Å². The number of fused-ring (bicyclic) bond motifs is 1. The molecule has 0 bridgehead atoms. The van der Waals surface area contributed by atoms with Gasteiger partial charge in [0.25, 0.3) is 15.9 Å². The summed E-state index contributed by atoms with van der Waals surface area (Å²) in [4.78, 5) is 0.0259. The fourth-order valence-corrected chi connectivity index (χ4v) is 6.02. The summed E-state index contributed by atoms with van der Waals surface area (Å²) < 4.78 is 96.9. The Hall–Kier alpha value is -2.20. The Morgan fingerprint density at radius 1 is 1.06 bits per heavy atom. The fourth-order valence-electron chi connectivity index (χ4n) is 4.27. The van der Waals surface area contributed by atoms with Gasteiger partial charge in [-0.1, -0.05) is 43.2 Å². The van der Waals surface area contributed by atoms with E-state index in [1.807, 2.05) is 6.92 Å². The summed E-state index contributed by atoms with van der Waals surface area (Å²) in [6.45, 7) is 3.70. The molecule has 2 unspecified atom stereocenters. The fraction of sp³-hybridized carbons (Fsp3) is 0.478. The van der Waals surface area contributed by atoms with Crippen molar-refractivity contribution in [3.05, 3.63) is 59.2 Å². The molecule has 0 aliphatic carbocycles. The van der Waals surface area contributed by atoms with Gasteiger partial charge >= 0.3 is 6.18 Å². The highest BCUT2D eigenvalue weighted by Crippen LogP contribution is 2.50. The summed E-state index contributed by atoms with van der Waals surface area (Å²) in [5.74, 6) is -4.52. The van der Waals surface area contributed by atoms with Gasteiger partial charge in [0, 0.05) is 13.0 Å². The topological polar surface area (TPSA) is 57.6 Å². The molecule has 0 amide bonds. The van der Waals surface area contributed by atoms with Crippen LogP contribution in [-0.4, -0.2) is 31.7 Å². The summed E-state index contributed by atoms with van der Waals surface area (Å²) in [5, 5.41) is 10.1. The Bertz CT molecular complexity index is 1090. The molecule has 2 aromatic carbocycles. The number of rotatable bonds is 6. The zero-order valence-corrected chi connectivity index (χ0v) is 19.3. The first-order valence-electron chi connectivity index (χ1n) is 10.6. The molecular weight excluding hydrogens is 465 g/mol. The van der Waals surface area contributed by atoms with Gasteiger partial charge in [0.05, 0.1) is 10.6 Å². The molecule has 0 aromatic heterocycles. The average Bonchev–Trinajstić information content (AvgIpc) is 2.71. The number of hydrogen-bond acceptors (Lipinski definition) is 3. The number of hydrogen-bond donors (Lipinski definition) is 1. The average molecular weight is 492 g/mol. The summed E-state index contributed by atoms with van der Waals surface area (Å²) in [5.41, 5.74) is -4.29. The van der Waals surface area contributed by atoms with E-state index in [4.69, 9.17) is 0 Å². The third kappa shape index (κ3) is 4.35. The Kier molecular flexibility index (Phi) is 6.58. The lowest BCUT2D eigenvalue weighted by Crippen LogP contribution is -2.54. The van der Waals surface area contributed by atoms with Gasteiger partial charge in [-0.05, 0) is 55.5 Å². The third-order valence-corrected chi connectivity index (χ3v) is 7.94. The van der Waals surface area contributed by atoms with Crippen molar-refractivity contribution in [2.75, 3.05) is 4.31 Å². The molecule has 2 atom stereocenters. The van der Waals surface area contributed by atoms with Crippen LogP contribution in [0.15, 0.2) is 47.4 Å². The minimum Gasteiger partial charge on any atom is -0.372 e. The minimum atomic E-state index is -5.65. The van der Waals surface area contributed by atoms with Crippen molar-refractivity contribution < 1.29 is 35.5 Å². The summed E-state index contributed by atoms with van der Waals surface area (Å²) in [7, 11) is -4.07. The lowest BCUT2D eigenvalue weighted by molar-refractivity contribution is -0.335. The normalized spacial score (nSPS) is 19.2. The summed E-state index contributed by atoms with van der Waals surface area (Å²) in [6, 6.07) is 8.42. The molecule has 0 spiro atoms. The van der Waals surface area contributed by atoms with Crippen LogP contribution in [0.5, 0.6) is 0 Å². The second-order valence-electron chi connectivity index (χ2n) is 8.54. The van der Waals surface area contributed by atoms with Crippen molar-refractivity contribution in [3.8, 4) is 0 Å². The lowest BCUT2D eigenvalue weighted by atomic mass is 9.84. The maximum absolute atomic E-state index is 14.0. The van der Waals surface area contributed by atoms with Crippen molar-refractivity contribution >= 4 is 15.7 Å². The Balaban J connectivity index is 2.18. The first kappa shape index (κ1) is 25.4. The highest BCUT2D eigenvalue weighted by Gasteiger charge is 2.67. The molecular formula is C23H26F5NO3S. The lowest BCUT2D eigenvalue weighted by Gasteiger charge is -2.40. The van der Waals surface area contributed by atoms with E-state index in [1.165, 1.54) is 16.4 Å². The van der Waals surface area contributed by atoms with Gasteiger partial charge in [-0.3, -0.25) is 4.31 Å². The molecule has 2 aromatic rings. The molecule has 10 heteroatoms. The molecule has 0 fully saturated rings. The van der Waals surface area contributed by atoms with Crippen LogP contribution in [0.4, 0.5) is 27.6 Å². The van der Waals surface area contributed by atoms with E-state index in [0.29, 0.717) is 19.3 Å². The number of sulfonamides is 1. The highest BCUT2D eigenvalue weighted by molar-refractivity contribution is 7.92. The second-order valence-corrected chi connectivity index (χ2v) is 10.4. The van der Waals surface area contributed by atoms with Crippen LogP contribution >= 0.6 is 0 Å². The zero-order chi connectivity index (χ0) is 24.8. The van der Waals surface area contributed by atoms with E-state index in [-0.39, 0.29) is 29.5 Å². The van der Waals surface area contributed by atoms with Crippen LogP contribution in [-0.2, 0) is 22.0 Å². The van der Waals surface area contributed by atoms with E-state index in [2.05, 4.69) is 0 Å². The molecule has 0 saturated carbocycles. The van der Waals surface area contributed by atoms with Crippen molar-refractivity contribution in [1.82, 2.24) is 0 Å². The van der Waals surface area contributed by atoms with E-state index in [0.717, 1.165) is 23.8 Å². The molecule has 1 heterocycles. The monoisotopic (exact) mass is 491 g/mol. The van der Waals surface area contributed by atoms with E-state index in [9.17, 15) is 35.5 Å². The Labute approximate surface area is 190 Å². The van der Waals surface area contributed by atoms with Crippen molar-refractivity contribution in [1.29, 1.82) is 0 Å². The number of benzene rings is 2. The molecule has 4 nitrogen and oxygen atoms in total. The number of nitrogens with zero attached hydrogens (tertiary/aromatic N) is 1. The van der Waals surface area contributed by atoms with Gasteiger partial charge in [-0.15, -0.1) is 0 Å². The number of aryl methyl sites for hydroxylation is 2. The number of aliphatic hydroxyl groups is 1. The van der Waals surface area contributed by atoms with E-state index < -0.39 is 39.3 Å². The first-order valence-corrected chi connectivity index (χ1v) is 12.0. The third-order valence-electron chi connectivity index (χ3n) is 6.06. The molecule has 1 aliphatic heterocycles. The molecule has 3 rings (SSSR count). The largest absolute Gasteiger partial charge is 0.427 e. The quantitative estimate of drug-likeness (QED) is 0.527. The minimum absolute atomic E-state index is 0.00533. The molecule has 182 valence electrons. The molecule has 0 radical (unpaired) electrons. The van der Waals surface area contributed by atoms with Crippen molar-refractivity contribution in [3.63, 3.8) is 0 Å². The summed E-state index contributed by atoms with van der Waals surface area (Å²) >= 11 is 0. The van der Waals surface area contributed by atoms with E-state index >= 15 is 0 Å². The predicted octanol–water partition coefficient (Wildman–Crippen LogP) is 5.71. The smallest absolute Gasteiger partial charge is 0.372 e. The highest BCUT2D eigenvalue weighted by atomic mass is 32.2. The second kappa shape index (κ2) is 8.54. The van der Waals surface area contributed by atoms with E-state index in [1.54, 1.807) is 19.1 Å². The van der Waals surface area contributed by atoms with Gasteiger partial charge in [-0.2, -0.15) is 13.2 Å². The van der Waals surface area contributed by atoms with Crippen LogP contribution in [0.3, 0.4) is 0 Å². The van der Waals surface area contributed by atoms with Crippen molar-refractivity contribution in [2.24, 2.45) is 0 Å². The van der Waals surface area contributed by atoms with Crippen LogP contribution < -0.4 is 4.31 Å². The van der Waals surface area contributed by atoms with Crippen LogP contribution in [0.25, 0.3) is 0 Å². The SMILES string of the molecule is CCCC1CCc2cc(C(O)(C(C)(F)F)C(F)(F)F)ccc2N1S(=O)(=O)c1ccc(C)cc1. The van der Waals surface area contributed by atoms with Gasteiger partial charge in [0.15, 0.2) is 0 Å². The van der Waals surface area contributed by atoms with Crippen LogP contribution in [0.2, 0.25) is 0 Å². The summed E-state index contributed by atoms with van der Waals surface area (Å²) in [6.07, 6.45) is -3.95. The maximum Gasteiger partial charge on any atom is 0.427 e. The Morgan fingerprint density at radius 2 is 1.67 bits per heavy atom. The number of halogens is 5. The van der Waals surface area contributed by atoms with Gasteiger partial charge in [-0.25, -0.2) is 17.2 Å².